The Bertz CT molecular complexity index is 786. The SMILES string of the molecule is COc1cc(OC)c2[nH]c(C(=O)N3CCN4CCCC[C@@H]4C3)cc2c1. The summed E-state index contributed by atoms with van der Waals surface area (Å²) in [4.78, 5) is 20.8. The fourth-order valence-corrected chi connectivity index (χ4v) is 4.09. The van der Waals surface area contributed by atoms with Gasteiger partial charge in [0.25, 0.3) is 5.91 Å². The number of methoxy groups -OCH3 is 2. The Morgan fingerprint density at radius 3 is 2.80 bits per heavy atom. The third-order valence-electron chi connectivity index (χ3n) is 5.48. The number of aromatic nitrogens is 1. The van der Waals surface area contributed by atoms with E-state index in [1.807, 2.05) is 23.1 Å². The highest BCUT2D eigenvalue weighted by atomic mass is 16.5. The van der Waals surface area contributed by atoms with E-state index in [4.69, 9.17) is 9.47 Å². The normalized spacial score (nSPS) is 21.2. The van der Waals surface area contributed by atoms with Gasteiger partial charge in [0, 0.05) is 37.1 Å². The van der Waals surface area contributed by atoms with E-state index in [1.54, 1.807) is 14.2 Å². The van der Waals surface area contributed by atoms with Gasteiger partial charge in [-0.15, -0.1) is 0 Å². The molecule has 3 heterocycles. The van der Waals surface area contributed by atoms with Crippen molar-refractivity contribution in [3.05, 3.63) is 23.9 Å². The van der Waals surface area contributed by atoms with Gasteiger partial charge < -0.3 is 19.4 Å². The number of amides is 1. The summed E-state index contributed by atoms with van der Waals surface area (Å²) < 4.78 is 10.8. The number of piperazine rings is 1. The number of carbonyl (C=O) groups excluding carboxylic acids is 1. The maximum atomic E-state index is 13.0. The molecule has 1 N–H and O–H groups in total. The molecule has 2 fully saturated rings. The number of nitrogens with zero attached hydrogens (tertiary/aromatic N) is 2. The van der Waals surface area contributed by atoms with Crippen molar-refractivity contribution in [3.8, 4) is 11.5 Å². The molecule has 0 bridgehead atoms. The van der Waals surface area contributed by atoms with Crippen LogP contribution in [0.3, 0.4) is 0 Å². The van der Waals surface area contributed by atoms with Gasteiger partial charge >= 0.3 is 0 Å². The summed E-state index contributed by atoms with van der Waals surface area (Å²) in [7, 11) is 3.25. The zero-order valence-corrected chi connectivity index (χ0v) is 14.9. The molecule has 1 aromatic heterocycles. The molecular formula is C19H25N3O3. The van der Waals surface area contributed by atoms with Crippen LogP contribution in [0.15, 0.2) is 18.2 Å². The first-order valence-electron chi connectivity index (χ1n) is 8.97. The molecule has 2 aromatic rings. The van der Waals surface area contributed by atoms with Crippen molar-refractivity contribution in [1.82, 2.24) is 14.8 Å². The van der Waals surface area contributed by atoms with Crippen molar-refractivity contribution in [2.24, 2.45) is 0 Å². The second-order valence-corrected chi connectivity index (χ2v) is 6.91. The second-order valence-electron chi connectivity index (χ2n) is 6.91. The molecule has 1 amide bonds. The van der Waals surface area contributed by atoms with Gasteiger partial charge in [0.15, 0.2) is 0 Å². The molecule has 134 valence electrons. The Morgan fingerprint density at radius 2 is 2.00 bits per heavy atom. The Hall–Kier alpha value is -2.21. The summed E-state index contributed by atoms with van der Waals surface area (Å²) in [6.07, 6.45) is 3.75. The van der Waals surface area contributed by atoms with E-state index in [9.17, 15) is 4.79 Å². The maximum absolute atomic E-state index is 13.0. The average Bonchev–Trinajstić information content (AvgIpc) is 3.10. The minimum absolute atomic E-state index is 0.0717. The number of ether oxygens (including phenoxy) is 2. The average molecular weight is 343 g/mol. The number of nitrogens with one attached hydrogen (secondary N) is 1. The first-order valence-corrected chi connectivity index (χ1v) is 8.97. The summed E-state index contributed by atoms with van der Waals surface area (Å²) in [5, 5.41) is 0.927. The number of piperidine rings is 1. The second kappa shape index (κ2) is 6.59. The van der Waals surface area contributed by atoms with Crippen LogP contribution in [0.1, 0.15) is 29.8 Å². The van der Waals surface area contributed by atoms with Crippen molar-refractivity contribution in [2.75, 3.05) is 40.4 Å². The lowest BCUT2D eigenvalue weighted by Crippen LogP contribution is -2.56. The predicted molar refractivity (Wildman–Crippen MR) is 96.5 cm³/mol. The van der Waals surface area contributed by atoms with E-state index in [-0.39, 0.29) is 5.91 Å². The summed E-state index contributed by atoms with van der Waals surface area (Å²) >= 11 is 0. The zero-order valence-electron chi connectivity index (χ0n) is 14.9. The topological polar surface area (TPSA) is 57.8 Å². The van der Waals surface area contributed by atoms with E-state index in [1.165, 1.54) is 25.8 Å². The van der Waals surface area contributed by atoms with Crippen LogP contribution in [0.4, 0.5) is 0 Å². The monoisotopic (exact) mass is 343 g/mol. The standard InChI is InChI=1S/C19H25N3O3/c1-24-15-9-13-10-16(20-18(13)17(11-15)25-2)19(23)22-8-7-21-6-4-3-5-14(21)12-22/h9-11,14,20H,3-8,12H2,1-2H3/t14-/m1/s1. The largest absolute Gasteiger partial charge is 0.497 e. The lowest BCUT2D eigenvalue weighted by Gasteiger charge is -2.43. The van der Waals surface area contributed by atoms with Crippen LogP contribution in [0.2, 0.25) is 0 Å². The van der Waals surface area contributed by atoms with Crippen LogP contribution in [0.25, 0.3) is 10.9 Å². The lowest BCUT2D eigenvalue weighted by molar-refractivity contribution is 0.0369. The smallest absolute Gasteiger partial charge is 0.270 e. The third-order valence-corrected chi connectivity index (χ3v) is 5.48. The van der Waals surface area contributed by atoms with Gasteiger partial charge in [-0.05, 0) is 31.5 Å². The van der Waals surface area contributed by atoms with Gasteiger partial charge in [0.2, 0.25) is 0 Å². The predicted octanol–water partition coefficient (Wildman–Crippen LogP) is 2.50. The molecule has 2 aliphatic heterocycles. The molecule has 2 saturated heterocycles. The van der Waals surface area contributed by atoms with Crippen LogP contribution in [0, 0.1) is 0 Å². The van der Waals surface area contributed by atoms with Crippen LogP contribution in [-0.2, 0) is 0 Å². The molecule has 6 heteroatoms. The molecule has 0 unspecified atom stereocenters. The van der Waals surface area contributed by atoms with E-state index in [0.29, 0.717) is 17.5 Å². The van der Waals surface area contributed by atoms with Crippen LogP contribution >= 0.6 is 0 Å². The third kappa shape index (κ3) is 2.95. The van der Waals surface area contributed by atoms with E-state index in [2.05, 4.69) is 9.88 Å². The van der Waals surface area contributed by atoms with Gasteiger partial charge in [-0.3, -0.25) is 9.69 Å². The van der Waals surface area contributed by atoms with Gasteiger partial charge in [-0.2, -0.15) is 0 Å². The first kappa shape index (κ1) is 16.3. The number of hydrogen-bond acceptors (Lipinski definition) is 4. The fraction of sp³-hybridized carbons (Fsp3) is 0.526. The molecule has 0 radical (unpaired) electrons. The van der Waals surface area contributed by atoms with Gasteiger partial charge in [-0.1, -0.05) is 6.42 Å². The molecule has 4 rings (SSSR count). The van der Waals surface area contributed by atoms with E-state index >= 15 is 0 Å². The van der Waals surface area contributed by atoms with Gasteiger partial charge in [0.1, 0.15) is 17.2 Å². The Morgan fingerprint density at radius 1 is 1.12 bits per heavy atom. The summed E-state index contributed by atoms with van der Waals surface area (Å²) in [5.74, 6) is 1.48. The van der Waals surface area contributed by atoms with Gasteiger partial charge in [0.05, 0.1) is 19.7 Å². The van der Waals surface area contributed by atoms with Crippen molar-refractivity contribution >= 4 is 16.8 Å². The Labute approximate surface area is 147 Å². The number of H-pyrrole nitrogens is 1. The highest BCUT2D eigenvalue weighted by Crippen LogP contribution is 2.32. The molecule has 0 saturated carbocycles. The Balaban J connectivity index is 1.59. The van der Waals surface area contributed by atoms with E-state index < -0.39 is 0 Å². The number of aromatic amines is 1. The minimum atomic E-state index is 0.0717. The van der Waals surface area contributed by atoms with Crippen LogP contribution in [0.5, 0.6) is 11.5 Å². The Kier molecular flexibility index (Phi) is 4.29. The van der Waals surface area contributed by atoms with Crippen molar-refractivity contribution in [3.63, 3.8) is 0 Å². The molecule has 2 aliphatic rings. The number of fused-ring (bicyclic) bond motifs is 2. The van der Waals surface area contributed by atoms with Gasteiger partial charge in [-0.25, -0.2) is 0 Å². The molecule has 0 aliphatic carbocycles. The highest BCUT2D eigenvalue weighted by Gasteiger charge is 2.31. The first-order chi connectivity index (χ1) is 12.2. The van der Waals surface area contributed by atoms with Crippen molar-refractivity contribution in [2.45, 2.75) is 25.3 Å². The van der Waals surface area contributed by atoms with Crippen LogP contribution in [-0.4, -0.2) is 67.1 Å². The zero-order chi connectivity index (χ0) is 17.4. The lowest BCUT2D eigenvalue weighted by atomic mass is 9.99. The van der Waals surface area contributed by atoms with Crippen molar-refractivity contribution in [1.29, 1.82) is 0 Å². The molecule has 1 atom stereocenters. The highest BCUT2D eigenvalue weighted by molar-refractivity contribution is 6.00. The maximum Gasteiger partial charge on any atom is 0.270 e. The molecular weight excluding hydrogens is 318 g/mol. The number of benzene rings is 1. The quantitative estimate of drug-likeness (QED) is 0.930. The van der Waals surface area contributed by atoms with E-state index in [0.717, 1.165) is 36.3 Å². The summed E-state index contributed by atoms with van der Waals surface area (Å²) in [5.41, 5.74) is 1.45. The number of rotatable bonds is 3. The van der Waals surface area contributed by atoms with Crippen molar-refractivity contribution < 1.29 is 14.3 Å². The molecule has 0 spiro atoms. The van der Waals surface area contributed by atoms with Crippen LogP contribution < -0.4 is 9.47 Å². The fourth-order valence-electron chi connectivity index (χ4n) is 4.09. The minimum Gasteiger partial charge on any atom is -0.497 e. The molecule has 1 aromatic carbocycles. The molecule has 25 heavy (non-hydrogen) atoms. The summed E-state index contributed by atoms with van der Waals surface area (Å²) in [6.45, 7) is 3.78. The molecule has 6 nitrogen and oxygen atoms in total. The number of carbonyl (C=O) groups is 1. The summed E-state index contributed by atoms with van der Waals surface area (Å²) in [6, 6.07) is 6.17. The number of hydrogen-bond donors (Lipinski definition) is 1.